The number of pyridine rings is 1. The lowest BCUT2D eigenvalue weighted by Gasteiger charge is -2.14. The van der Waals surface area contributed by atoms with Crippen molar-refractivity contribution in [3.8, 4) is 0 Å². The van der Waals surface area contributed by atoms with Crippen LogP contribution in [0.4, 0.5) is 11.5 Å². The minimum absolute atomic E-state index is 0.0475. The number of carbonyl (C=O) groups is 1. The van der Waals surface area contributed by atoms with Crippen molar-refractivity contribution in [2.75, 3.05) is 31.9 Å². The molecule has 0 atom stereocenters. The quantitative estimate of drug-likeness (QED) is 0.455. The lowest BCUT2D eigenvalue weighted by molar-refractivity contribution is -0.385. The van der Waals surface area contributed by atoms with E-state index in [1.807, 2.05) is 0 Å². The number of rotatable bonds is 6. The summed E-state index contributed by atoms with van der Waals surface area (Å²) in [5.74, 6) is -0.403. The molecule has 1 aromatic rings. The fraction of sp³-hybridized carbons (Fsp3) is 0.538. The Morgan fingerprint density at radius 1 is 1.48 bits per heavy atom. The Balaban J connectivity index is 1.87. The molecule has 3 N–H and O–H groups in total. The van der Waals surface area contributed by atoms with Crippen molar-refractivity contribution in [3.05, 3.63) is 27.9 Å². The SMILES string of the molecule is Nc1cc(C(=O)NCCCN2CCCC2)c([N+](=O)[O-])cn1. The zero-order valence-corrected chi connectivity index (χ0v) is 11.7. The predicted molar refractivity (Wildman–Crippen MR) is 77.9 cm³/mol. The molecule has 0 aromatic carbocycles. The highest BCUT2D eigenvalue weighted by atomic mass is 16.6. The molecule has 21 heavy (non-hydrogen) atoms. The van der Waals surface area contributed by atoms with Crippen LogP contribution in [0.25, 0.3) is 0 Å². The van der Waals surface area contributed by atoms with E-state index in [0.717, 1.165) is 32.3 Å². The molecule has 2 rings (SSSR count). The van der Waals surface area contributed by atoms with Crippen molar-refractivity contribution in [1.82, 2.24) is 15.2 Å². The predicted octanol–water partition coefficient (Wildman–Crippen LogP) is 0.788. The molecule has 1 aromatic heterocycles. The zero-order valence-electron chi connectivity index (χ0n) is 11.7. The number of nitro groups is 1. The van der Waals surface area contributed by atoms with Crippen LogP contribution in [0.2, 0.25) is 0 Å². The van der Waals surface area contributed by atoms with Gasteiger partial charge in [0, 0.05) is 6.54 Å². The number of amides is 1. The van der Waals surface area contributed by atoms with E-state index in [0.29, 0.717) is 6.54 Å². The average Bonchev–Trinajstić information content (AvgIpc) is 2.96. The van der Waals surface area contributed by atoms with Crippen molar-refractivity contribution < 1.29 is 9.72 Å². The summed E-state index contributed by atoms with van der Waals surface area (Å²) in [5.41, 5.74) is 5.10. The molecule has 0 unspecified atom stereocenters. The van der Waals surface area contributed by atoms with E-state index in [1.165, 1.54) is 18.9 Å². The van der Waals surface area contributed by atoms with E-state index in [-0.39, 0.29) is 17.1 Å². The molecule has 2 heterocycles. The monoisotopic (exact) mass is 293 g/mol. The van der Waals surface area contributed by atoms with Crippen LogP contribution >= 0.6 is 0 Å². The molecule has 0 radical (unpaired) electrons. The van der Waals surface area contributed by atoms with Crippen LogP contribution in [0, 0.1) is 10.1 Å². The van der Waals surface area contributed by atoms with Gasteiger partial charge < -0.3 is 16.0 Å². The second-order valence-electron chi connectivity index (χ2n) is 5.04. The molecule has 0 saturated carbocycles. The Bertz CT molecular complexity index is 529. The summed E-state index contributed by atoms with van der Waals surface area (Å²) in [4.78, 5) is 28.2. The fourth-order valence-electron chi connectivity index (χ4n) is 2.40. The fourth-order valence-corrected chi connectivity index (χ4v) is 2.40. The number of anilines is 1. The highest BCUT2D eigenvalue weighted by Gasteiger charge is 2.21. The van der Waals surface area contributed by atoms with E-state index in [1.54, 1.807) is 0 Å². The first-order valence-electron chi connectivity index (χ1n) is 6.98. The van der Waals surface area contributed by atoms with Crippen LogP contribution in [0.15, 0.2) is 12.3 Å². The number of nitrogen functional groups attached to an aromatic ring is 1. The van der Waals surface area contributed by atoms with Gasteiger partial charge in [0.2, 0.25) is 0 Å². The van der Waals surface area contributed by atoms with Crippen molar-refractivity contribution in [2.45, 2.75) is 19.3 Å². The first-order valence-corrected chi connectivity index (χ1v) is 6.98. The van der Waals surface area contributed by atoms with Gasteiger partial charge in [-0.15, -0.1) is 0 Å². The van der Waals surface area contributed by atoms with Gasteiger partial charge in [-0.3, -0.25) is 14.9 Å². The maximum atomic E-state index is 12.0. The number of carbonyl (C=O) groups excluding carboxylic acids is 1. The van der Waals surface area contributed by atoms with Crippen molar-refractivity contribution in [1.29, 1.82) is 0 Å². The van der Waals surface area contributed by atoms with Gasteiger partial charge in [0.15, 0.2) is 0 Å². The second kappa shape index (κ2) is 6.98. The minimum atomic E-state index is -0.633. The van der Waals surface area contributed by atoms with Crippen molar-refractivity contribution in [2.24, 2.45) is 0 Å². The Hall–Kier alpha value is -2.22. The molecule has 0 spiro atoms. The molecule has 0 aliphatic carbocycles. The molecule has 114 valence electrons. The Kier molecular flexibility index (Phi) is 5.04. The summed E-state index contributed by atoms with van der Waals surface area (Å²) in [6.07, 6.45) is 4.29. The number of nitrogens with two attached hydrogens (primary N) is 1. The van der Waals surface area contributed by atoms with E-state index in [4.69, 9.17) is 5.73 Å². The van der Waals surface area contributed by atoms with Gasteiger partial charge in [-0.25, -0.2) is 4.98 Å². The maximum absolute atomic E-state index is 12.0. The van der Waals surface area contributed by atoms with Gasteiger partial charge in [0.05, 0.1) is 4.92 Å². The topological polar surface area (TPSA) is 114 Å². The van der Waals surface area contributed by atoms with Crippen LogP contribution < -0.4 is 11.1 Å². The number of likely N-dealkylation sites (tertiary alicyclic amines) is 1. The number of hydrogen-bond donors (Lipinski definition) is 2. The Morgan fingerprint density at radius 2 is 2.19 bits per heavy atom. The Morgan fingerprint density at radius 3 is 2.86 bits per heavy atom. The first-order chi connectivity index (χ1) is 10.1. The van der Waals surface area contributed by atoms with Crippen molar-refractivity contribution in [3.63, 3.8) is 0 Å². The van der Waals surface area contributed by atoms with Gasteiger partial charge in [0.1, 0.15) is 17.6 Å². The number of hydrogen-bond acceptors (Lipinski definition) is 6. The van der Waals surface area contributed by atoms with E-state index in [2.05, 4.69) is 15.2 Å². The molecule has 1 amide bonds. The molecule has 1 aliphatic heterocycles. The zero-order chi connectivity index (χ0) is 15.2. The summed E-state index contributed by atoms with van der Waals surface area (Å²) >= 11 is 0. The molecule has 0 bridgehead atoms. The number of nitrogens with one attached hydrogen (secondary N) is 1. The lowest BCUT2D eigenvalue weighted by Crippen LogP contribution is -2.29. The lowest BCUT2D eigenvalue weighted by atomic mass is 10.2. The smallest absolute Gasteiger partial charge is 0.300 e. The van der Waals surface area contributed by atoms with Crippen LogP contribution in [-0.2, 0) is 0 Å². The highest BCUT2D eigenvalue weighted by molar-refractivity contribution is 5.98. The third-order valence-corrected chi connectivity index (χ3v) is 3.48. The molecule has 1 saturated heterocycles. The molecular weight excluding hydrogens is 274 g/mol. The van der Waals surface area contributed by atoms with E-state index in [9.17, 15) is 14.9 Å². The summed E-state index contributed by atoms with van der Waals surface area (Å²) in [7, 11) is 0. The first kappa shape index (κ1) is 15.2. The standard InChI is InChI=1S/C13H19N5O3/c14-12-8-10(11(9-16-12)18(20)21)13(19)15-4-3-7-17-5-1-2-6-17/h8-9H,1-7H2,(H2,14,16)(H,15,19). The largest absolute Gasteiger partial charge is 0.384 e. The normalized spacial score (nSPS) is 15.0. The van der Waals surface area contributed by atoms with Gasteiger partial charge in [-0.2, -0.15) is 0 Å². The summed E-state index contributed by atoms with van der Waals surface area (Å²) < 4.78 is 0. The van der Waals surface area contributed by atoms with Crippen LogP contribution in [-0.4, -0.2) is 46.9 Å². The molecule has 8 nitrogen and oxygen atoms in total. The third-order valence-electron chi connectivity index (χ3n) is 3.48. The van der Waals surface area contributed by atoms with Crippen LogP contribution in [0.1, 0.15) is 29.6 Å². The van der Waals surface area contributed by atoms with Gasteiger partial charge in [-0.05, 0) is 45.0 Å². The molecule has 1 aliphatic rings. The summed E-state index contributed by atoms with van der Waals surface area (Å²) in [6, 6.07) is 1.23. The summed E-state index contributed by atoms with van der Waals surface area (Å²) in [5, 5.41) is 13.6. The second-order valence-corrected chi connectivity index (χ2v) is 5.04. The van der Waals surface area contributed by atoms with Gasteiger partial charge in [-0.1, -0.05) is 0 Å². The molecular formula is C13H19N5O3. The highest BCUT2D eigenvalue weighted by Crippen LogP contribution is 2.18. The van der Waals surface area contributed by atoms with Gasteiger partial charge >= 0.3 is 0 Å². The van der Waals surface area contributed by atoms with Gasteiger partial charge in [0.25, 0.3) is 11.6 Å². The Labute approximate surface area is 122 Å². The molecule has 8 heteroatoms. The van der Waals surface area contributed by atoms with E-state index < -0.39 is 10.8 Å². The van der Waals surface area contributed by atoms with E-state index >= 15 is 0 Å². The van der Waals surface area contributed by atoms with Crippen molar-refractivity contribution >= 4 is 17.4 Å². The number of aromatic nitrogens is 1. The average molecular weight is 293 g/mol. The summed E-state index contributed by atoms with van der Waals surface area (Å²) in [6.45, 7) is 3.64. The maximum Gasteiger partial charge on any atom is 0.300 e. The van der Waals surface area contributed by atoms with Crippen LogP contribution in [0.5, 0.6) is 0 Å². The third kappa shape index (κ3) is 4.12. The van der Waals surface area contributed by atoms with Crippen LogP contribution in [0.3, 0.4) is 0 Å². The number of nitrogens with zero attached hydrogens (tertiary/aromatic N) is 3. The minimum Gasteiger partial charge on any atom is -0.384 e. The molecule has 1 fully saturated rings.